The van der Waals surface area contributed by atoms with Crippen LogP contribution in [0.25, 0.3) is 0 Å². The van der Waals surface area contributed by atoms with Gasteiger partial charge in [-0.15, -0.1) is 0 Å². The molecule has 2 aromatic carbocycles. The fourth-order valence-electron chi connectivity index (χ4n) is 2.91. The Morgan fingerprint density at radius 3 is 2.25 bits per heavy atom. The molecule has 2 amide bonds. The Bertz CT molecular complexity index is 906. The second-order valence-electron chi connectivity index (χ2n) is 7.42. The Balaban J connectivity index is 1.76. The third-order valence-corrected chi connectivity index (χ3v) is 5.20. The summed E-state index contributed by atoms with van der Waals surface area (Å²) in [4.78, 5) is 24.4. The zero-order valence-corrected chi connectivity index (χ0v) is 20.0. The Kier molecular flexibility index (Phi) is 11.0. The van der Waals surface area contributed by atoms with E-state index in [1.807, 2.05) is 0 Å². The van der Waals surface area contributed by atoms with E-state index in [1.165, 1.54) is 12.8 Å². The second-order valence-corrected chi connectivity index (χ2v) is 8.24. The molecule has 1 atom stereocenters. The van der Waals surface area contributed by atoms with E-state index in [-0.39, 0.29) is 16.9 Å². The van der Waals surface area contributed by atoms with Gasteiger partial charge >= 0.3 is 0 Å². The van der Waals surface area contributed by atoms with Crippen LogP contribution in [0.3, 0.4) is 0 Å². The molecule has 2 aromatic rings. The highest BCUT2D eigenvalue weighted by molar-refractivity contribution is 7.80. The summed E-state index contributed by atoms with van der Waals surface area (Å²) < 4.78 is 5.63. The van der Waals surface area contributed by atoms with Gasteiger partial charge in [0.05, 0.1) is 5.02 Å². The summed E-state index contributed by atoms with van der Waals surface area (Å²) in [5.41, 5.74) is 1.31. The predicted molar refractivity (Wildman–Crippen MR) is 134 cm³/mol. The topological polar surface area (TPSA) is 79.5 Å². The van der Waals surface area contributed by atoms with Crippen molar-refractivity contribution in [1.82, 2.24) is 5.32 Å². The first-order chi connectivity index (χ1) is 15.4. The van der Waals surface area contributed by atoms with Crippen molar-refractivity contribution in [2.75, 3.05) is 10.6 Å². The summed E-state index contributed by atoms with van der Waals surface area (Å²) in [6.45, 7) is 3.81. The molecule has 1 unspecified atom stereocenters. The number of nitrogens with one attached hydrogen (secondary N) is 3. The highest BCUT2D eigenvalue weighted by Crippen LogP contribution is 2.24. The summed E-state index contributed by atoms with van der Waals surface area (Å²) in [6, 6.07) is 14.0. The first-order valence-electron chi connectivity index (χ1n) is 10.8. The van der Waals surface area contributed by atoms with Gasteiger partial charge in [-0.25, -0.2) is 0 Å². The minimum atomic E-state index is -0.725. The minimum Gasteiger partial charge on any atom is -0.479 e. The van der Waals surface area contributed by atoms with Gasteiger partial charge < -0.3 is 20.7 Å². The summed E-state index contributed by atoms with van der Waals surface area (Å²) in [5.74, 6) is 0.0654. The summed E-state index contributed by atoms with van der Waals surface area (Å²) >= 11 is 11.3. The van der Waals surface area contributed by atoms with Crippen molar-refractivity contribution in [3.63, 3.8) is 0 Å². The van der Waals surface area contributed by atoms with Crippen LogP contribution in [-0.2, 0) is 9.59 Å². The maximum absolute atomic E-state index is 12.4. The maximum atomic E-state index is 12.4. The van der Waals surface area contributed by atoms with Crippen LogP contribution in [0.5, 0.6) is 5.75 Å². The molecule has 3 N–H and O–H groups in total. The zero-order chi connectivity index (χ0) is 23.3. The minimum absolute atomic E-state index is 0.0876. The average Bonchev–Trinajstić information content (AvgIpc) is 2.76. The first kappa shape index (κ1) is 25.6. The number of ether oxygens (including phenoxy) is 1. The molecule has 0 aliphatic carbocycles. The average molecular weight is 476 g/mol. The van der Waals surface area contributed by atoms with Crippen molar-refractivity contribution in [3.05, 3.63) is 53.6 Å². The van der Waals surface area contributed by atoms with Gasteiger partial charge in [0.25, 0.3) is 5.91 Å². The van der Waals surface area contributed by atoms with E-state index in [9.17, 15) is 9.59 Å². The smallest absolute Gasteiger partial charge is 0.265 e. The molecule has 172 valence electrons. The molecule has 0 aromatic heterocycles. The largest absolute Gasteiger partial charge is 0.479 e. The molecular formula is C24H30ClN3O3S. The molecular weight excluding hydrogens is 446 g/mol. The molecule has 0 aliphatic rings. The molecule has 8 heteroatoms. The van der Waals surface area contributed by atoms with Crippen LogP contribution in [0.2, 0.25) is 5.02 Å². The van der Waals surface area contributed by atoms with Crippen LogP contribution in [0.4, 0.5) is 11.4 Å². The lowest BCUT2D eigenvalue weighted by molar-refractivity contribution is -0.122. The van der Waals surface area contributed by atoms with Gasteiger partial charge in [-0.3, -0.25) is 9.59 Å². The fourth-order valence-corrected chi connectivity index (χ4v) is 3.32. The number of carbonyl (C=O) groups excluding carboxylic acids is 2. The lowest BCUT2D eigenvalue weighted by atomic mass is 10.1. The fraction of sp³-hybridized carbons (Fsp3) is 0.375. The number of halogens is 1. The van der Waals surface area contributed by atoms with E-state index < -0.39 is 6.10 Å². The van der Waals surface area contributed by atoms with E-state index in [1.54, 1.807) is 55.5 Å². The van der Waals surface area contributed by atoms with Gasteiger partial charge in [0.15, 0.2) is 11.2 Å². The second kappa shape index (κ2) is 13.7. The number of unbranched alkanes of at least 4 members (excludes halogenated alkanes) is 4. The molecule has 0 fully saturated rings. The standard InChI is InChI=1S/C24H30ClN3O3S/c1-3-4-5-6-7-12-22(29)28-24(32)27-19-15-13-18(14-16-19)26-23(30)17(2)31-21-11-9-8-10-20(21)25/h8-11,13-17H,3-7,12H2,1-2H3,(H,26,30)(H2,27,28,29,32). The van der Waals surface area contributed by atoms with Gasteiger partial charge in [-0.1, -0.05) is 56.3 Å². The lowest BCUT2D eigenvalue weighted by Crippen LogP contribution is -2.33. The monoisotopic (exact) mass is 475 g/mol. The van der Waals surface area contributed by atoms with Gasteiger partial charge in [0.2, 0.25) is 5.91 Å². The number of amides is 2. The first-order valence-corrected chi connectivity index (χ1v) is 11.6. The van der Waals surface area contributed by atoms with Crippen molar-refractivity contribution in [2.24, 2.45) is 0 Å². The highest BCUT2D eigenvalue weighted by Gasteiger charge is 2.16. The Hall–Kier alpha value is -2.64. The molecule has 2 rings (SSSR count). The van der Waals surface area contributed by atoms with Gasteiger partial charge in [-0.05, 0) is 62.0 Å². The maximum Gasteiger partial charge on any atom is 0.265 e. The molecule has 0 bridgehead atoms. The van der Waals surface area contributed by atoms with E-state index in [4.69, 9.17) is 28.6 Å². The number of hydrogen-bond acceptors (Lipinski definition) is 4. The van der Waals surface area contributed by atoms with Crippen LogP contribution < -0.4 is 20.7 Å². The summed E-state index contributed by atoms with van der Waals surface area (Å²) in [6.07, 6.45) is 5.18. The predicted octanol–water partition coefficient (Wildman–Crippen LogP) is 5.92. The number of hydrogen-bond donors (Lipinski definition) is 3. The Labute approximate surface area is 200 Å². The molecule has 32 heavy (non-hydrogen) atoms. The molecule has 0 heterocycles. The van der Waals surface area contributed by atoms with E-state index in [2.05, 4.69) is 22.9 Å². The lowest BCUT2D eigenvalue weighted by Gasteiger charge is -2.16. The van der Waals surface area contributed by atoms with Gasteiger partial charge in [-0.2, -0.15) is 0 Å². The van der Waals surface area contributed by atoms with Crippen molar-refractivity contribution in [1.29, 1.82) is 0 Å². The van der Waals surface area contributed by atoms with E-state index in [0.717, 1.165) is 19.3 Å². The number of carbonyl (C=O) groups is 2. The van der Waals surface area contributed by atoms with Crippen LogP contribution in [-0.4, -0.2) is 23.0 Å². The summed E-state index contributed by atoms with van der Waals surface area (Å²) in [5, 5.41) is 9.16. The van der Waals surface area contributed by atoms with Crippen LogP contribution in [0.15, 0.2) is 48.5 Å². The van der Waals surface area contributed by atoms with E-state index >= 15 is 0 Å². The van der Waals surface area contributed by atoms with Crippen LogP contribution >= 0.6 is 23.8 Å². The molecule has 0 spiro atoms. The number of rotatable bonds is 11. The van der Waals surface area contributed by atoms with Crippen molar-refractivity contribution >= 4 is 52.1 Å². The van der Waals surface area contributed by atoms with Crippen molar-refractivity contribution < 1.29 is 14.3 Å². The third kappa shape index (κ3) is 9.24. The molecule has 0 saturated heterocycles. The SMILES string of the molecule is CCCCCCCC(=O)NC(=S)Nc1ccc(NC(=O)C(C)Oc2ccccc2Cl)cc1. The number of benzene rings is 2. The number of thiocarbonyl (C=S) groups is 1. The molecule has 0 aliphatic heterocycles. The van der Waals surface area contributed by atoms with Crippen molar-refractivity contribution in [3.8, 4) is 5.75 Å². The number of para-hydroxylation sites is 1. The van der Waals surface area contributed by atoms with Crippen LogP contribution in [0, 0.1) is 0 Å². The third-order valence-electron chi connectivity index (χ3n) is 4.68. The number of anilines is 2. The normalized spacial score (nSPS) is 11.3. The summed E-state index contributed by atoms with van der Waals surface area (Å²) in [7, 11) is 0. The highest BCUT2D eigenvalue weighted by atomic mass is 35.5. The zero-order valence-electron chi connectivity index (χ0n) is 18.4. The quantitative estimate of drug-likeness (QED) is 0.277. The molecule has 0 saturated carbocycles. The Morgan fingerprint density at radius 2 is 1.59 bits per heavy atom. The molecule has 6 nitrogen and oxygen atoms in total. The van der Waals surface area contributed by atoms with Crippen molar-refractivity contribution in [2.45, 2.75) is 58.5 Å². The van der Waals surface area contributed by atoms with Gasteiger partial charge in [0.1, 0.15) is 5.75 Å². The van der Waals surface area contributed by atoms with Gasteiger partial charge in [0, 0.05) is 17.8 Å². The Morgan fingerprint density at radius 1 is 0.969 bits per heavy atom. The molecule has 0 radical (unpaired) electrons. The van der Waals surface area contributed by atoms with Crippen LogP contribution in [0.1, 0.15) is 52.4 Å². The van der Waals surface area contributed by atoms with E-state index in [0.29, 0.717) is 28.6 Å².